The van der Waals surface area contributed by atoms with Crippen LogP contribution < -0.4 is 5.32 Å². The number of rotatable bonds is 1. The maximum atomic E-state index is 6.84. The summed E-state index contributed by atoms with van der Waals surface area (Å²) in [5, 5.41) is 9.84. The van der Waals surface area contributed by atoms with Gasteiger partial charge in [-0.15, -0.1) is 11.8 Å². The zero-order valence-corrected chi connectivity index (χ0v) is 9.23. The van der Waals surface area contributed by atoms with E-state index in [1.165, 1.54) is 0 Å². The second-order valence-electron chi connectivity index (χ2n) is 2.03. The van der Waals surface area contributed by atoms with Crippen molar-refractivity contribution in [2.24, 2.45) is 0 Å². The molecule has 0 fully saturated rings. The molecule has 0 bridgehead atoms. The molecule has 0 saturated carbocycles. The van der Waals surface area contributed by atoms with Crippen molar-refractivity contribution >= 4 is 6.21 Å². The minimum absolute atomic E-state index is 0. The van der Waals surface area contributed by atoms with Crippen LogP contribution in [-0.2, 0) is 32.7 Å². The van der Waals surface area contributed by atoms with E-state index >= 15 is 0 Å². The molecule has 3 heteroatoms. The van der Waals surface area contributed by atoms with E-state index in [-0.39, 0.29) is 32.7 Å². The van der Waals surface area contributed by atoms with Gasteiger partial charge in [0.1, 0.15) is 0 Å². The Kier molecular flexibility index (Phi) is 5.34. The molecular weight excluding hydrogens is 213 g/mol. The molecule has 0 saturated heterocycles. The third-order valence-corrected chi connectivity index (χ3v) is 1.30. The molecule has 2 N–H and O–H groups in total. The maximum absolute atomic E-state index is 6.84. The fourth-order valence-electron chi connectivity index (χ4n) is 0.694. The summed E-state index contributed by atoms with van der Waals surface area (Å²) >= 11 is 0. The summed E-state index contributed by atoms with van der Waals surface area (Å²) in [6, 6.07) is 0. The number of hydrogen-bond donors (Lipinski definition) is 2. The molecule has 1 aliphatic rings. The normalized spacial score (nSPS) is 18.3. The van der Waals surface area contributed by atoms with Gasteiger partial charge in [-0.05, 0) is 12.3 Å². The van der Waals surface area contributed by atoms with Crippen LogP contribution in [0.25, 0.3) is 0 Å². The van der Waals surface area contributed by atoms with E-state index in [9.17, 15) is 0 Å². The molecule has 1 radical (unpaired) electrons. The van der Waals surface area contributed by atoms with Gasteiger partial charge in [-0.1, -0.05) is 13.0 Å². The molecule has 1 rings (SSSR count). The zero-order valence-electron chi connectivity index (χ0n) is 6.39. The Morgan fingerprint density at radius 2 is 2.27 bits per heavy atom. The molecule has 55 valence electrons. The molecule has 1 aliphatic heterocycles. The fraction of sp³-hybridized carbons (Fsp3) is 0.125. The number of nitrogens with one attached hydrogen (secondary N) is 2. The van der Waals surface area contributed by atoms with Crippen LogP contribution in [0, 0.1) is 5.41 Å². The Bertz CT molecular complexity index is 226. The average molecular weight is 222 g/mol. The monoisotopic (exact) mass is 222 g/mol. The second kappa shape index (κ2) is 5.45. The molecule has 1 heterocycles. The van der Waals surface area contributed by atoms with E-state index in [4.69, 9.17) is 5.41 Å². The van der Waals surface area contributed by atoms with Gasteiger partial charge < -0.3 is 10.7 Å². The van der Waals surface area contributed by atoms with Gasteiger partial charge in [0.15, 0.2) is 0 Å². The van der Waals surface area contributed by atoms with Crippen LogP contribution in [0.5, 0.6) is 0 Å². The average Bonchev–Trinajstić information content (AvgIpc) is 2.05. The SMILES string of the molecule is C/C([C-]=N)=C1\C=CC=CN1.[Y]. The standard InChI is InChI=1S/C8H9N2.Y/c1-7(6-9)8-4-2-3-5-10-8;/h2-5,9-10H,1H3;/q-1;/b8-7-;. The quantitative estimate of drug-likeness (QED) is 0.511. The Morgan fingerprint density at radius 1 is 1.55 bits per heavy atom. The zero-order chi connectivity index (χ0) is 7.40. The summed E-state index contributed by atoms with van der Waals surface area (Å²) < 4.78 is 0. The summed E-state index contributed by atoms with van der Waals surface area (Å²) in [5.41, 5.74) is 1.76. The number of dihydropyridines is 1. The van der Waals surface area contributed by atoms with E-state index in [1.807, 2.05) is 31.4 Å². The van der Waals surface area contributed by atoms with Gasteiger partial charge in [-0.3, -0.25) is 0 Å². The minimum Gasteiger partial charge on any atom is -0.439 e. The maximum Gasteiger partial charge on any atom is 0 e. The third-order valence-electron chi connectivity index (χ3n) is 1.30. The van der Waals surface area contributed by atoms with Crippen molar-refractivity contribution in [2.45, 2.75) is 6.92 Å². The van der Waals surface area contributed by atoms with E-state index in [0.717, 1.165) is 11.3 Å². The van der Waals surface area contributed by atoms with Gasteiger partial charge in [0.25, 0.3) is 0 Å². The van der Waals surface area contributed by atoms with Gasteiger partial charge >= 0.3 is 0 Å². The largest absolute Gasteiger partial charge is 0.439 e. The van der Waals surface area contributed by atoms with Crippen LogP contribution in [0.1, 0.15) is 6.92 Å². The van der Waals surface area contributed by atoms with Crippen molar-refractivity contribution < 1.29 is 32.7 Å². The van der Waals surface area contributed by atoms with Crippen LogP contribution >= 0.6 is 0 Å². The molecule has 0 aromatic carbocycles. The van der Waals surface area contributed by atoms with Crippen LogP contribution in [0.15, 0.2) is 35.7 Å². The number of allylic oxidation sites excluding steroid dienone is 4. The van der Waals surface area contributed by atoms with Crippen molar-refractivity contribution in [3.05, 3.63) is 35.7 Å². The molecule has 2 nitrogen and oxygen atoms in total. The van der Waals surface area contributed by atoms with Crippen LogP contribution in [0.3, 0.4) is 0 Å². The van der Waals surface area contributed by atoms with Crippen molar-refractivity contribution in [1.29, 1.82) is 5.41 Å². The molecule has 0 atom stereocenters. The second-order valence-corrected chi connectivity index (χ2v) is 2.03. The molecule has 0 aromatic rings. The van der Waals surface area contributed by atoms with Gasteiger partial charge in [-0.25, -0.2) is 0 Å². The molecule has 11 heavy (non-hydrogen) atoms. The predicted octanol–water partition coefficient (Wildman–Crippen LogP) is 1.46. The summed E-state index contributed by atoms with van der Waals surface area (Å²) in [6.07, 6.45) is 9.89. The third kappa shape index (κ3) is 3.13. The summed E-state index contributed by atoms with van der Waals surface area (Å²) in [7, 11) is 0. The van der Waals surface area contributed by atoms with Crippen LogP contribution in [0.2, 0.25) is 0 Å². The molecular formula is C8H9N2Y-. The van der Waals surface area contributed by atoms with Crippen LogP contribution in [0.4, 0.5) is 0 Å². The first kappa shape index (κ1) is 10.8. The summed E-state index contributed by atoms with van der Waals surface area (Å²) in [5.74, 6) is 0. The fourth-order valence-corrected chi connectivity index (χ4v) is 0.694. The van der Waals surface area contributed by atoms with Gasteiger partial charge in [0, 0.05) is 32.7 Å². The summed E-state index contributed by atoms with van der Waals surface area (Å²) in [4.78, 5) is 0. The topological polar surface area (TPSA) is 35.9 Å². The van der Waals surface area contributed by atoms with E-state index in [2.05, 4.69) is 11.5 Å². The first-order valence-electron chi connectivity index (χ1n) is 3.08. The van der Waals surface area contributed by atoms with Crippen molar-refractivity contribution in [2.75, 3.05) is 0 Å². The van der Waals surface area contributed by atoms with Crippen molar-refractivity contribution in [3.8, 4) is 0 Å². The Hall–Kier alpha value is -0.206. The Morgan fingerprint density at radius 3 is 2.73 bits per heavy atom. The minimum atomic E-state index is 0. The van der Waals surface area contributed by atoms with E-state index in [1.54, 1.807) is 0 Å². The van der Waals surface area contributed by atoms with Gasteiger partial charge in [0.2, 0.25) is 0 Å². The van der Waals surface area contributed by atoms with Crippen molar-refractivity contribution in [3.63, 3.8) is 0 Å². The first-order valence-corrected chi connectivity index (χ1v) is 3.08. The Balaban J connectivity index is 0.000001000. The number of hydrogen-bond acceptors (Lipinski definition) is 2. The summed E-state index contributed by atoms with van der Waals surface area (Å²) in [6.45, 7) is 1.85. The van der Waals surface area contributed by atoms with Gasteiger partial charge in [-0.2, -0.15) is 11.8 Å². The molecule has 0 aliphatic carbocycles. The molecule has 0 amide bonds. The van der Waals surface area contributed by atoms with Gasteiger partial charge in [0.05, 0.1) is 0 Å². The van der Waals surface area contributed by atoms with E-state index in [0.29, 0.717) is 0 Å². The Labute approximate surface area is 91.8 Å². The van der Waals surface area contributed by atoms with Crippen LogP contribution in [-0.4, -0.2) is 6.21 Å². The molecule has 0 unspecified atom stereocenters. The van der Waals surface area contributed by atoms with Crippen molar-refractivity contribution in [1.82, 2.24) is 5.32 Å². The smallest absolute Gasteiger partial charge is 0 e. The molecule has 0 spiro atoms. The van der Waals surface area contributed by atoms with E-state index < -0.39 is 0 Å². The predicted molar refractivity (Wildman–Crippen MR) is 41.8 cm³/mol. The first-order chi connectivity index (χ1) is 4.84. The molecule has 0 aromatic heterocycles.